The first kappa shape index (κ1) is 12.1. The molecule has 1 aromatic rings. The molecule has 1 unspecified atom stereocenters. The van der Waals surface area contributed by atoms with E-state index in [9.17, 15) is 4.79 Å². The average molecular weight is 262 g/mol. The monoisotopic (exact) mass is 262 g/mol. The van der Waals surface area contributed by atoms with Gasteiger partial charge in [-0.25, -0.2) is 0 Å². The van der Waals surface area contributed by atoms with Gasteiger partial charge >= 0.3 is 0 Å². The van der Waals surface area contributed by atoms with Crippen LogP contribution in [-0.2, 0) is 10.2 Å². The van der Waals surface area contributed by atoms with Crippen LogP contribution in [0, 0.1) is 0 Å². The molecule has 1 aromatic carbocycles. The number of thioether (sulfide) groups is 1. The lowest BCUT2D eigenvalue weighted by Gasteiger charge is -2.42. The lowest BCUT2D eigenvalue weighted by molar-refractivity contribution is -0.115. The summed E-state index contributed by atoms with van der Waals surface area (Å²) in [6.45, 7) is 2.66. The largest absolute Gasteiger partial charge is 0.330 e. The Morgan fingerprint density at radius 2 is 2.28 bits per heavy atom. The Balaban J connectivity index is 1.96. The van der Waals surface area contributed by atoms with Crippen molar-refractivity contribution in [3.8, 4) is 0 Å². The third-order valence-electron chi connectivity index (χ3n) is 4.23. The number of anilines is 1. The van der Waals surface area contributed by atoms with E-state index in [1.807, 2.05) is 13.0 Å². The van der Waals surface area contributed by atoms with Gasteiger partial charge in [-0.3, -0.25) is 4.79 Å². The van der Waals surface area contributed by atoms with Crippen LogP contribution in [0.1, 0.15) is 31.7 Å². The summed E-state index contributed by atoms with van der Waals surface area (Å²) in [6, 6.07) is 6.38. The fraction of sp³-hybridized carbons (Fsp3) is 0.500. The Morgan fingerprint density at radius 3 is 2.89 bits per heavy atom. The number of carbonyl (C=O) groups excluding carboxylic acids is 1. The van der Waals surface area contributed by atoms with E-state index >= 15 is 0 Å². The van der Waals surface area contributed by atoms with Crippen LogP contribution in [0.2, 0.25) is 0 Å². The standard InChI is InChI=1S/C14H18N2OS/c1-9-13(17)16-11-4-3-10(7-12(11)18-9)14(8-15)5-2-6-14/h3-4,7,9H,2,5-6,8,15H2,1H3,(H,16,17). The van der Waals surface area contributed by atoms with Crippen LogP contribution >= 0.6 is 11.8 Å². The first-order valence-corrected chi connectivity index (χ1v) is 7.35. The second-order valence-corrected chi connectivity index (χ2v) is 6.68. The van der Waals surface area contributed by atoms with E-state index in [1.165, 1.54) is 29.7 Å². The van der Waals surface area contributed by atoms with Gasteiger partial charge in [0.15, 0.2) is 0 Å². The molecule has 1 fully saturated rings. The van der Waals surface area contributed by atoms with Gasteiger partial charge in [-0.15, -0.1) is 11.8 Å². The first-order chi connectivity index (χ1) is 8.64. The Kier molecular flexibility index (Phi) is 2.87. The molecule has 96 valence electrons. The van der Waals surface area contributed by atoms with Crippen LogP contribution in [0.5, 0.6) is 0 Å². The molecule has 1 saturated carbocycles. The van der Waals surface area contributed by atoms with Crippen molar-refractivity contribution in [2.45, 2.75) is 41.7 Å². The van der Waals surface area contributed by atoms with Crippen molar-refractivity contribution < 1.29 is 4.79 Å². The van der Waals surface area contributed by atoms with Crippen molar-refractivity contribution in [1.29, 1.82) is 0 Å². The fourth-order valence-corrected chi connectivity index (χ4v) is 3.73. The van der Waals surface area contributed by atoms with E-state index in [2.05, 4.69) is 17.4 Å². The number of benzene rings is 1. The van der Waals surface area contributed by atoms with Gasteiger partial charge in [0.25, 0.3) is 0 Å². The molecular weight excluding hydrogens is 244 g/mol. The minimum Gasteiger partial charge on any atom is -0.330 e. The number of nitrogens with one attached hydrogen (secondary N) is 1. The van der Waals surface area contributed by atoms with Gasteiger partial charge in [-0.05, 0) is 37.5 Å². The predicted octanol–water partition coefficient (Wildman–Crippen LogP) is 2.50. The average Bonchev–Trinajstić information content (AvgIpc) is 2.30. The number of amides is 1. The number of nitrogens with two attached hydrogens (primary N) is 1. The number of rotatable bonds is 2. The Morgan fingerprint density at radius 1 is 1.50 bits per heavy atom. The highest BCUT2D eigenvalue weighted by molar-refractivity contribution is 8.00. The molecule has 1 heterocycles. The maximum atomic E-state index is 11.6. The molecule has 0 radical (unpaired) electrons. The molecule has 0 spiro atoms. The second-order valence-electron chi connectivity index (χ2n) is 5.30. The van der Waals surface area contributed by atoms with Gasteiger partial charge in [0.1, 0.15) is 0 Å². The summed E-state index contributed by atoms with van der Waals surface area (Å²) in [5, 5.41) is 2.94. The lowest BCUT2D eigenvalue weighted by Crippen LogP contribution is -2.41. The zero-order chi connectivity index (χ0) is 12.8. The molecule has 3 nitrogen and oxygen atoms in total. The van der Waals surface area contributed by atoms with Crippen molar-refractivity contribution >= 4 is 23.4 Å². The highest BCUT2D eigenvalue weighted by Crippen LogP contribution is 2.45. The van der Waals surface area contributed by atoms with Crippen LogP contribution in [0.3, 0.4) is 0 Å². The summed E-state index contributed by atoms with van der Waals surface area (Å²) < 4.78 is 0. The second kappa shape index (κ2) is 4.28. The fourth-order valence-electron chi connectivity index (χ4n) is 2.75. The van der Waals surface area contributed by atoms with Crippen molar-refractivity contribution in [1.82, 2.24) is 0 Å². The zero-order valence-electron chi connectivity index (χ0n) is 10.5. The minimum atomic E-state index is -0.0111. The predicted molar refractivity (Wildman–Crippen MR) is 75.0 cm³/mol. The maximum absolute atomic E-state index is 11.6. The van der Waals surface area contributed by atoms with Crippen molar-refractivity contribution in [2.75, 3.05) is 11.9 Å². The molecule has 0 bridgehead atoms. The molecule has 4 heteroatoms. The van der Waals surface area contributed by atoms with Gasteiger partial charge in [-0.2, -0.15) is 0 Å². The van der Waals surface area contributed by atoms with E-state index in [1.54, 1.807) is 11.8 Å². The van der Waals surface area contributed by atoms with E-state index in [4.69, 9.17) is 5.73 Å². The molecular formula is C14H18N2OS. The van der Waals surface area contributed by atoms with Crippen molar-refractivity contribution in [3.05, 3.63) is 23.8 Å². The van der Waals surface area contributed by atoms with Gasteiger partial charge in [0.05, 0.1) is 10.9 Å². The number of fused-ring (bicyclic) bond motifs is 1. The summed E-state index contributed by atoms with van der Waals surface area (Å²) in [5.41, 5.74) is 8.43. The van der Waals surface area contributed by atoms with Crippen LogP contribution in [0.15, 0.2) is 23.1 Å². The van der Waals surface area contributed by atoms with Gasteiger partial charge < -0.3 is 11.1 Å². The Bertz CT molecular complexity index is 491. The van der Waals surface area contributed by atoms with Crippen LogP contribution < -0.4 is 11.1 Å². The molecule has 0 aromatic heterocycles. The topological polar surface area (TPSA) is 55.1 Å². The quantitative estimate of drug-likeness (QED) is 0.861. The SMILES string of the molecule is CC1Sc2cc(C3(CN)CCC3)ccc2NC1=O. The van der Waals surface area contributed by atoms with Crippen LogP contribution in [0.4, 0.5) is 5.69 Å². The van der Waals surface area contributed by atoms with Gasteiger partial charge in [0, 0.05) is 16.9 Å². The third-order valence-corrected chi connectivity index (χ3v) is 5.39. The summed E-state index contributed by atoms with van der Waals surface area (Å²) in [4.78, 5) is 12.8. The maximum Gasteiger partial charge on any atom is 0.237 e. The molecule has 0 saturated heterocycles. The van der Waals surface area contributed by atoms with Crippen molar-refractivity contribution in [2.24, 2.45) is 5.73 Å². The van der Waals surface area contributed by atoms with Gasteiger partial charge in [0.2, 0.25) is 5.91 Å². The molecule has 18 heavy (non-hydrogen) atoms. The van der Waals surface area contributed by atoms with E-state index < -0.39 is 0 Å². The Labute approximate surface area is 112 Å². The lowest BCUT2D eigenvalue weighted by atomic mass is 9.64. The summed E-state index contributed by atoms with van der Waals surface area (Å²) in [6.07, 6.45) is 3.65. The van der Waals surface area contributed by atoms with Crippen molar-refractivity contribution in [3.63, 3.8) is 0 Å². The molecule has 1 amide bonds. The highest BCUT2D eigenvalue weighted by atomic mass is 32.2. The molecule has 1 atom stereocenters. The summed E-state index contributed by atoms with van der Waals surface area (Å²) in [7, 11) is 0. The summed E-state index contributed by atoms with van der Waals surface area (Å²) in [5.74, 6) is 0.0948. The zero-order valence-corrected chi connectivity index (χ0v) is 11.3. The van der Waals surface area contributed by atoms with E-state index in [0.717, 1.165) is 12.2 Å². The molecule has 3 rings (SSSR count). The molecule has 3 N–H and O–H groups in total. The molecule has 2 aliphatic rings. The summed E-state index contributed by atoms with van der Waals surface area (Å²) >= 11 is 1.64. The number of hydrogen-bond acceptors (Lipinski definition) is 3. The Hall–Kier alpha value is -1.00. The van der Waals surface area contributed by atoms with Gasteiger partial charge in [-0.1, -0.05) is 12.5 Å². The molecule has 1 aliphatic carbocycles. The number of carbonyl (C=O) groups is 1. The first-order valence-electron chi connectivity index (χ1n) is 6.47. The van der Waals surface area contributed by atoms with Crippen LogP contribution in [-0.4, -0.2) is 17.7 Å². The smallest absolute Gasteiger partial charge is 0.237 e. The number of hydrogen-bond donors (Lipinski definition) is 2. The third kappa shape index (κ3) is 1.75. The highest BCUT2D eigenvalue weighted by Gasteiger charge is 2.38. The van der Waals surface area contributed by atoms with Crippen LogP contribution in [0.25, 0.3) is 0 Å². The normalized spacial score (nSPS) is 25.0. The van der Waals surface area contributed by atoms with E-state index in [-0.39, 0.29) is 16.6 Å². The molecule has 1 aliphatic heterocycles. The minimum absolute atomic E-state index is 0.0111. The van der Waals surface area contributed by atoms with E-state index in [0.29, 0.717) is 0 Å².